The van der Waals surface area contributed by atoms with Crippen molar-refractivity contribution in [1.29, 1.82) is 0 Å². The van der Waals surface area contributed by atoms with Crippen molar-refractivity contribution >= 4 is 15.9 Å². The lowest BCUT2D eigenvalue weighted by molar-refractivity contribution is -0.121. The summed E-state index contributed by atoms with van der Waals surface area (Å²) >= 11 is 0. The van der Waals surface area contributed by atoms with Crippen LogP contribution in [0.3, 0.4) is 0 Å². The second kappa shape index (κ2) is 10.4. The molecule has 0 aliphatic rings. The van der Waals surface area contributed by atoms with E-state index in [1.54, 1.807) is 38.1 Å². The van der Waals surface area contributed by atoms with E-state index in [-0.39, 0.29) is 16.8 Å². The van der Waals surface area contributed by atoms with E-state index < -0.39 is 10.0 Å². The highest BCUT2D eigenvalue weighted by Gasteiger charge is 2.14. The Morgan fingerprint density at radius 1 is 1.21 bits per heavy atom. The lowest BCUT2D eigenvalue weighted by Gasteiger charge is -2.10. The molecular formula is C17H28N2O4S. The van der Waals surface area contributed by atoms with Gasteiger partial charge in [0, 0.05) is 32.2 Å². The number of carbonyl (C=O) groups is 1. The molecule has 0 fully saturated rings. The molecule has 0 unspecified atom stereocenters. The van der Waals surface area contributed by atoms with Gasteiger partial charge in [0.1, 0.15) is 0 Å². The summed E-state index contributed by atoms with van der Waals surface area (Å²) in [7, 11) is -3.47. The third-order valence-corrected chi connectivity index (χ3v) is 4.93. The number of aryl methyl sites for hydroxylation is 1. The highest BCUT2D eigenvalue weighted by Crippen LogP contribution is 2.12. The van der Waals surface area contributed by atoms with Gasteiger partial charge in [0.05, 0.1) is 4.90 Å². The maximum atomic E-state index is 12.0. The highest BCUT2D eigenvalue weighted by atomic mass is 32.2. The Labute approximate surface area is 145 Å². The zero-order chi connectivity index (χ0) is 18.0. The van der Waals surface area contributed by atoms with Crippen LogP contribution in [-0.2, 0) is 26.0 Å². The predicted molar refractivity (Wildman–Crippen MR) is 94.3 cm³/mol. The van der Waals surface area contributed by atoms with Crippen LogP contribution in [0.4, 0.5) is 0 Å². The van der Waals surface area contributed by atoms with E-state index in [1.807, 2.05) is 6.92 Å². The van der Waals surface area contributed by atoms with Gasteiger partial charge in [-0.2, -0.15) is 0 Å². The molecule has 6 nitrogen and oxygen atoms in total. The second-order valence-corrected chi connectivity index (χ2v) is 7.53. The van der Waals surface area contributed by atoms with Gasteiger partial charge in [0.15, 0.2) is 0 Å². The van der Waals surface area contributed by atoms with E-state index in [2.05, 4.69) is 10.0 Å². The Morgan fingerprint density at radius 2 is 1.88 bits per heavy atom. The van der Waals surface area contributed by atoms with Gasteiger partial charge in [-0.05, 0) is 51.3 Å². The minimum absolute atomic E-state index is 0.00956. The molecule has 136 valence electrons. The first-order valence-electron chi connectivity index (χ1n) is 8.31. The molecule has 0 aromatic heterocycles. The normalized spacial score (nSPS) is 11.7. The summed E-state index contributed by atoms with van der Waals surface area (Å²) in [6.07, 6.45) is 1.76. The molecule has 2 N–H and O–H groups in total. The van der Waals surface area contributed by atoms with Crippen LogP contribution in [-0.4, -0.2) is 40.1 Å². The van der Waals surface area contributed by atoms with E-state index in [0.717, 1.165) is 12.0 Å². The van der Waals surface area contributed by atoms with Crippen LogP contribution in [0, 0.1) is 0 Å². The number of nitrogens with one attached hydrogen (secondary N) is 2. The van der Waals surface area contributed by atoms with Gasteiger partial charge in [-0.15, -0.1) is 0 Å². The summed E-state index contributed by atoms with van der Waals surface area (Å²) in [5.74, 6) is -0.00956. The molecule has 0 heterocycles. The Kier molecular flexibility index (Phi) is 8.95. The number of benzene rings is 1. The lowest BCUT2D eigenvalue weighted by atomic mass is 10.1. The number of carbonyl (C=O) groups excluding carboxylic acids is 1. The first-order chi connectivity index (χ1) is 11.3. The summed E-state index contributed by atoms with van der Waals surface area (Å²) in [5.41, 5.74) is 0.933. The van der Waals surface area contributed by atoms with Crippen molar-refractivity contribution in [3.05, 3.63) is 29.8 Å². The Morgan fingerprint density at radius 3 is 2.46 bits per heavy atom. The average molecular weight is 356 g/mol. The van der Waals surface area contributed by atoms with Gasteiger partial charge in [0.25, 0.3) is 0 Å². The fraction of sp³-hybridized carbons (Fsp3) is 0.588. The summed E-state index contributed by atoms with van der Waals surface area (Å²) < 4.78 is 31.8. The van der Waals surface area contributed by atoms with Crippen molar-refractivity contribution < 1.29 is 17.9 Å². The number of hydrogen-bond acceptors (Lipinski definition) is 4. The van der Waals surface area contributed by atoms with Crippen LogP contribution in [0.5, 0.6) is 0 Å². The van der Waals surface area contributed by atoms with Crippen LogP contribution in [0.2, 0.25) is 0 Å². The topological polar surface area (TPSA) is 84.5 Å². The highest BCUT2D eigenvalue weighted by molar-refractivity contribution is 7.89. The largest absolute Gasteiger partial charge is 0.382 e. The van der Waals surface area contributed by atoms with Crippen LogP contribution in [0.1, 0.15) is 39.2 Å². The third kappa shape index (κ3) is 7.90. The molecule has 1 rings (SSSR count). The molecule has 0 saturated carbocycles. The van der Waals surface area contributed by atoms with Crippen molar-refractivity contribution in [1.82, 2.24) is 10.0 Å². The Hall–Kier alpha value is -1.44. The average Bonchev–Trinajstić information content (AvgIpc) is 2.52. The molecule has 1 aromatic rings. The number of sulfonamides is 1. The molecule has 1 amide bonds. The third-order valence-electron chi connectivity index (χ3n) is 3.26. The molecule has 0 saturated heterocycles. The lowest BCUT2D eigenvalue weighted by Crippen LogP contribution is -2.30. The minimum atomic E-state index is -3.47. The van der Waals surface area contributed by atoms with Gasteiger partial charge in [-0.1, -0.05) is 12.1 Å². The predicted octanol–water partition coefficient (Wildman–Crippen LogP) is 1.85. The molecular weight excluding hydrogens is 328 g/mol. The molecule has 0 radical (unpaired) electrons. The van der Waals surface area contributed by atoms with Crippen LogP contribution in [0.25, 0.3) is 0 Å². The zero-order valence-corrected chi connectivity index (χ0v) is 15.5. The molecule has 0 atom stereocenters. The zero-order valence-electron chi connectivity index (χ0n) is 14.7. The number of amides is 1. The van der Waals surface area contributed by atoms with Crippen LogP contribution >= 0.6 is 0 Å². The monoisotopic (exact) mass is 356 g/mol. The van der Waals surface area contributed by atoms with Crippen molar-refractivity contribution in [3.63, 3.8) is 0 Å². The van der Waals surface area contributed by atoms with E-state index in [1.165, 1.54) is 0 Å². The molecule has 1 aromatic carbocycles. The molecule has 0 aliphatic heterocycles. The maximum absolute atomic E-state index is 12.0. The molecule has 0 aliphatic carbocycles. The second-order valence-electron chi connectivity index (χ2n) is 5.82. The van der Waals surface area contributed by atoms with Gasteiger partial charge < -0.3 is 10.1 Å². The molecule has 7 heteroatoms. The van der Waals surface area contributed by atoms with Crippen molar-refractivity contribution in [2.24, 2.45) is 0 Å². The number of ether oxygens (including phenoxy) is 1. The summed E-state index contributed by atoms with van der Waals surface area (Å²) in [4.78, 5) is 12.0. The molecule has 0 bridgehead atoms. The fourth-order valence-corrected chi connectivity index (χ4v) is 3.36. The van der Waals surface area contributed by atoms with E-state index >= 15 is 0 Å². The smallest absolute Gasteiger partial charge is 0.240 e. The van der Waals surface area contributed by atoms with E-state index in [4.69, 9.17) is 4.74 Å². The first kappa shape index (κ1) is 20.6. The fourth-order valence-electron chi connectivity index (χ4n) is 2.11. The van der Waals surface area contributed by atoms with Gasteiger partial charge >= 0.3 is 0 Å². The number of rotatable bonds is 11. The minimum Gasteiger partial charge on any atom is -0.382 e. The summed E-state index contributed by atoms with van der Waals surface area (Å²) in [5, 5.41) is 2.84. The maximum Gasteiger partial charge on any atom is 0.240 e. The summed E-state index contributed by atoms with van der Waals surface area (Å²) in [6.45, 7) is 7.44. The first-order valence-corrected chi connectivity index (χ1v) is 9.79. The van der Waals surface area contributed by atoms with Gasteiger partial charge in [0.2, 0.25) is 15.9 Å². The standard InChI is InChI=1S/C17H28N2O4S/c1-4-23-13-5-12-18-17(20)11-8-15-6-9-16(10-7-15)24(21,22)19-14(2)3/h6-7,9-10,14,19H,4-5,8,11-13H2,1-3H3,(H,18,20). The van der Waals surface area contributed by atoms with Gasteiger partial charge in [-0.3, -0.25) is 4.79 Å². The molecule has 0 spiro atoms. The van der Waals surface area contributed by atoms with Crippen LogP contribution < -0.4 is 10.0 Å². The Balaban J connectivity index is 2.40. The molecule has 24 heavy (non-hydrogen) atoms. The SMILES string of the molecule is CCOCCCNC(=O)CCc1ccc(S(=O)(=O)NC(C)C)cc1. The van der Waals surface area contributed by atoms with E-state index in [0.29, 0.717) is 32.6 Å². The van der Waals surface area contributed by atoms with Crippen molar-refractivity contribution in [2.45, 2.75) is 51.0 Å². The summed E-state index contributed by atoms with van der Waals surface area (Å²) in [6, 6.07) is 6.48. The van der Waals surface area contributed by atoms with E-state index in [9.17, 15) is 13.2 Å². The van der Waals surface area contributed by atoms with Crippen molar-refractivity contribution in [3.8, 4) is 0 Å². The quantitative estimate of drug-likeness (QED) is 0.593. The van der Waals surface area contributed by atoms with Crippen LogP contribution in [0.15, 0.2) is 29.2 Å². The van der Waals surface area contributed by atoms with Gasteiger partial charge in [-0.25, -0.2) is 13.1 Å². The Bertz CT molecular complexity index is 598. The van der Waals surface area contributed by atoms with Crippen molar-refractivity contribution in [2.75, 3.05) is 19.8 Å². The number of hydrogen-bond donors (Lipinski definition) is 2.